The predicted octanol–water partition coefficient (Wildman–Crippen LogP) is 3.57. The summed E-state index contributed by atoms with van der Waals surface area (Å²) >= 11 is 5.38. The first kappa shape index (κ1) is 13.8. The van der Waals surface area contributed by atoms with Crippen LogP contribution in [0.5, 0.6) is 0 Å². The number of nitrogens with zero attached hydrogens (tertiary/aromatic N) is 2. The highest BCUT2D eigenvalue weighted by molar-refractivity contribution is 7.71. The van der Waals surface area contributed by atoms with Gasteiger partial charge in [0.05, 0.1) is 5.52 Å². The van der Waals surface area contributed by atoms with Crippen LogP contribution >= 0.6 is 12.2 Å². The third kappa shape index (κ3) is 2.40. The molecule has 108 valence electrons. The van der Waals surface area contributed by atoms with E-state index in [4.69, 9.17) is 12.2 Å². The van der Waals surface area contributed by atoms with Gasteiger partial charge >= 0.3 is 0 Å². The third-order valence-corrected chi connectivity index (χ3v) is 4.82. The molecule has 2 aromatic rings. The van der Waals surface area contributed by atoms with E-state index in [1.54, 1.807) is 6.07 Å². The van der Waals surface area contributed by atoms with Crippen molar-refractivity contribution in [3.63, 3.8) is 0 Å². The van der Waals surface area contributed by atoms with Crippen LogP contribution in [-0.2, 0) is 6.54 Å². The molecule has 1 aliphatic heterocycles. The molecule has 1 aromatic carbocycles. The van der Waals surface area contributed by atoms with Crippen molar-refractivity contribution in [1.82, 2.24) is 14.5 Å². The number of para-hydroxylation sites is 1. The van der Waals surface area contributed by atoms with E-state index in [1.165, 1.54) is 6.07 Å². The molecule has 5 heteroatoms. The van der Waals surface area contributed by atoms with Crippen molar-refractivity contribution in [2.75, 3.05) is 20.1 Å². The number of imidazole rings is 1. The number of benzene rings is 1. The molecular formula is C15H20FN3S. The number of hydrogen-bond donors (Lipinski definition) is 1. The van der Waals surface area contributed by atoms with Gasteiger partial charge in [0.2, 0.25) is 0 Å². The van der Waals surface area contributed by atoms with Gasteiger partial charge in [-0.1, -0.05) is 13.0 Å². The van der Waals surface area contributed by atoms with E-state index in [1.807, 2.05) is 6.07 Å². The maximum absolute atomic E-state index is 13.8. The zero-order valence-electron chi connectivity index (χ0n) is 11.9. The smallest absolute Gasteiger partial charge is 0.178 e. The second kappa shape index (κ2) is 4.97. The van der Waals surface area contributed by atoms with Crippen LogP contribution in [0.3, 0.4) is 0 Å². The molecule has 1 aliphatic rings. The third-order valence-electron chi connectivity index (χ3n) is 4.49. The van der Waals surface area contributed by atoms with Gasteiger partial charge in [-0.3, -0.25) is 0 Å². The van der Waals surface area contributed by atoms with Crippen molar-refractivity contribution in [1.29, 1.82) is 0 Å². The molecule has 0 atom stereocenters. The van der Waals surface area contributed by atoms with E-state index in [-0.39, 0.29) is 11.2 Å². The molecule has 3 rings (SSSR count). The lowest BCUT2D eigenvalue weighted by atomic mass is 9.80. The largest absolute Gasteiger partial charge is 0.328 e. The lowest BCUT2D eigenvalue weighted by Gasteiger charge is -2.38. The Morgan fingerprint density at radius 3 is 2.75 bits per heavy atom. The fourth-order valence-electron chi connectivity index (χ4n) is 3.00. The van der Waals surface area contributed by atoms with Crippen molar-refractivity contribution in [2.24, 2.45) is 5.41 Å². The summed E-state index contributed by atoms with van der Waals surface area (Å²) in [6.07, 6.45) is 2.29. The van der Waals surface area contributed by atoms with Crippen LogP contribution in [0.4, 0.5) is 4.39 Å². The monoisotopic (exact) mass is 293 g/mol. The first-order valence-corrected chi connectivity index (χ1v) is 7.45. The van der Waals surface area contributed by atoms with Crippen LogP contribution in [-0.4, -0.2) is 34.6 Å². The summed E-state index contributed by atoms with van der Waals surface area (Å²) in [5.41, 5.74) is 1.62. The summed E-state index contributed by atoms with van der Waals surface area (Å²) in [6.45, 7) is 5.38. The van der Waals surface area contributed by atoms with Crippen molar-refractivity contribution in [2.45, 2.75) is 26.3 Å². The minimum Gasteiger partial charge on any atom is -0.328 e. The van der Waals surface area contributed by atoms with Crippen LogP contribution in [0.15, 0.2) is 18.2 Å². The molecule has 1 N–H and O–H groups in total. The van der Waals surface area contributed by atoms with Gasteiger partial charge in [-0.2, -0.15) is 0 Å². The molecule has 0 aliphatic carbocycles. The Morgan fingerprint density at radius 2 is 2.05 bits per heavy atom. The molecule has 1 saturated heterocycles. The molecule has 1 aromatic heterocycles. The summed E-state index contributed by atoms with van der Waals surface area (Å²) in [5, 5.41) is 0. The minimum atomic E-state index is -0.235. The Kier molecular flexibility index (Phi) is 3.42. The number of nitrogens with one attached hydrogen (secondary N) is 1. The number of hydrogen-bond acceptors (Lipinski definition) is 2. The summed E-state index contributed by atoms with van der Waals surface area (Å²) < 4.78 is 16.5. The van der Waals surface area contributed by atoms with E-state index in [9.17, 15) is 4.39 Å². The summed E-state index contributed by atoms with van der Waals surface area (Å²) in [6, 6.07) is 5.14. The molecule has 1 fully saturated rings. The highest BCUT2D eigenvalue weighted by Gasteiger charge is 2.30. The number of H-pyrrole nitrogens is 1. The Morgan fingerprint density at radius 1 is 1.35 bits per heavy atom. The van der Waals surface area contributed by atoms with Gasteiger partial charge in [-0.15, -0.1) is 0 Å². The van der Waals surface area contributed by atoms with E-state index in [0.717, 1.165) is 38.0 Å². The molecule has 20 heavy (non-hydrogen) atoms. The number of piperidine rings is 1. The number of aromatic nitrogens is 2. The maximum Gasteiger partial charge on any atom is 0.178 e. The first-order valence-electron chi connectivity index (χ1n) is 7.04. The van der Waals surface area contributed by atoms with Gasteiger partial charge < -0.3 is 14.5 Å². The highest BCUT2D eigenvalue weighted by atomic mass is 32.1. The second-order valence-electron chi connectivity index (χ2n) is 6.26. The van der Waals surface area contributed by atoms with Gasteiger partial charge in [0.1, 0.15) is 11.3 Å². The lowest BCUT2D eigenvalue weighted by molar-refractivity contribution is 0.121. The van der Waals surface area contributed by atoms with Crippen LogP contribution in [0.25, 0.3) is 11.0 Å². The molecular weight excluding hydrogens is 273 g/mol. The normalized spacial score (nSPS) is 19.6. The van der Waals surface area contributed by atoms with Gasteiger partial charge in [0.25, 0.3) is 0 Å². The van der Waals surface area contributed by atoms with Crippen LogP contribution in [0.2, 0.25) is 0 Å². The van der Waals surface area contributed by atoms with Gasteiger partial charge in [0, 0.05) is 6.54 Å². The fraction of sp³-hybridized carbons (Fsp3) is 0.533. The molecule has 0 spiro atoms. The summed E-state index contributed by atoms with van der Waals surface area (Å²) in [4.78, 5) is 5.36. The summed E-state index contributed by atoms with van der Waals surface area (Å²) in [7, 11) is 2.16. The Bertz CT molecular complexity index is 680. The molecule has 0 radical (unpaired) electrons. The van der Waals surface area contributed by atoms with E-state index in [2.05, 4.69) is 28.4 Å². The van der Waals surface area contributed by atoms with Crippen molar-refractivity contribution in [3.05, 3.63) is 28.8 Å². The minimum absolute atomic E-state index is 0.228. The number of halogens is 1. The first-order chi connectivity index (χ1) is 9.48. The van der Waals surface area contributed by atoms with Crippen LogP contribution in [0, 0.1) is 16.0 Å². The zero-order chi connectivity index (χ0) is 14.3. The standard InChI is InChI=1S/C15H20FN3S/c1-15(6-8-18(2)9-7-15)10-19-12-5-3-4-11(16)13(12)17-14(19)20/h3-5H,6-10H2,1-2H3,(H,17,20). The van der Waals surface area contributed by atoms with E-state index < -0.39 is 0 Å². The van der Waals surface area contributed by atoms with Gasteiger partial charge in [0.15, 0.2) is 4.77 Å². The van der Waals surface area contributed by atoms with Gasteiger partial charge in [-0.05, 0) is 62.7 Å². The Labute approximate surface area is 123 Å². The molecule has 0 amide bonds. The number of rotatable bonds is 2. The fourth-order valence-corrected chi connectivity index (χ4v) is 3.27. The van der Waals surface area contributed by atoms with E-state index >= 15 is 0 Å². The lowest BCUT2D eigenvalue weighted by Crippen LogP contribution is -2.38. The van der Waals surface area contributed by atoms with Gasteiger partial charge in [-0.25, -0.2) is 4.39 Å². The molecule has 2 heterocycles. The summed E-state index contributed by atoms with van der Waals surface area (Å²) in [5.74, 6) is -0.235. The van der Waals surface area contributed by atoms with Crippen molar-refractivity contribution < 1.29 is 4.39 Å². The average molecular weight is 293 g/mol. The molecule has 0 unspecified atom stereocenters. The average Bonchev–Trinajstić information content (AvgIpc) is 2.72. The molecule has 0 saturated carbocycles. The van der Waals surface area contributed by atoms with Crippen LogP contribution < -0.4 is 0 Å². The molecule has 3 nitrogen and oxygen atoms in total. The predicted molar refractivity (Wildman–Crippen MR) is 81.9 cm³/mol. The SMILES string of the molecule is CN1CCC(C)(Cn2c(=S)[nH]c3c(F)cccc32)CC1. The number of likely N-dealkylation sites (tertiary alicyclic amines) is 1. The Balaban J connectivity index is 1.97. The zero-order valence-corrected chi connectivity index (χ0v) is 12.8. The van der Waals surface area contributed by atoms with Crippen molar-refractivity contribution in [3.8, 4) is 0 Å². The second-order valence-corrected chi connectivity index (χ2v) is 6.65. The van der Waals surface area contributed by atoms with Crippen LogP contribution in [0.1, 0.15) is 19.8 Å². The number of fused-ring (bicyclic) bond motifs is 1. The highest BCUT2D eigenvalue weighted by Crippen LogP contribution is 2.33. The maximum atomic E-state index is 13.8. The molecule has 0 bridgehead atoms. The van der Waals surface area contributed by atoms with Crippen molar-refractivity contribution >= 4 is 23.3 Å². The number of aromatic amines is 1. The quantitative estimate of drug-likeness (QED) is 0.856. The van der Waals surface area contributed by atoms with E-state index in [0.29, 0.717) is 10.3 Å². The topological polar surface area (TPSA) is 24.0 Å². The Hall–Kier alpha value is -1.20.